The molecule has 5 rings (SSSR count). The van der Waals surface area contributed by atoms with Gasteiger partial charge in [0, 0.05) is 31.3 Å². The Bertz CT molecular complexity index is 1430. The summed E-state index contributed by atoms with van der Waals surface area (Å²) in [5, 5.41) is 3.58. The van der Waals surface area contributed by atoms with Crippen LogP contribution in [0.3, 0.4) is 0 Å². The second-order valence-corrected chi connectivity index (χ2v) is 9.66. The van der Waals surface area contributed by atoms with E-state index in [2.05, 4.69) is 27.1 Å². The Balaban J connectivity index is 1.33. The number of imidazole rings is 1. The summed E-state index contributed by atoms with van der Waals surface area (Å²) in [6.07, 6.45) is 4.09. The quantitative estimate of drug-likeness (QED) is 0.182. The predicted molar refractivity (Wildman–Crippen MR) is 151 cm³/mol. The van der Waals surface area contributed by atoms with Gasteiger partial charge in [0.2, 0.25) is 5.91 Å². The SMILES string of the molecule is CCc1nc2nc(SCc3ccc(OC)c(NC(=O)/C=C/c4ccccc4)c3)nc(N3CCOCC3)c2[nH]1. The van der Waals surface area contributed by atoms with Gasteiger partial charge in [0.25, 0.3) is 0 Å². The number of aryl methyl sites for hydroxylation is 1. The van der Waals surface area contributed by atoms with E-state index in [0.29, 0.717) is 41.2 Å². The van der Waals surface area contributed by atoms with Crippen LogP contribution in [0.25, 0.3) is 17.2 Å². The van der Waals surface area contributed by atoms with Crippen molar-refractivity contribution < 1.29 is 14.3 Å². The third kappa shape index (κ3) is 6.15. The van der Waals surface area contributed by atoms with Crippen molar-refractivity contribution in [2.45, 2.75) is 24.3 Å². The Morgan fingerprint density at radius 1 is 1.16 bits per heavy atom. The van der Waals surface area contributed by atoms with Crippen LogP contribution in [-0.4, -0.2) is 59.3 Å². The monoisotopic (exact) mass is 530 g/mol. The van der Waals surface area contributed by atoms with Gasteiger partial charge in [0.05, 0.1) is 26.0 Å². The number of aromatic nitrogens is 4. The van der Waals surface area contributed by atoms with Gasteiger partial charge in [-0.1, -0.05) is 55.1 Å². The molecular formula is C28H30N6O3S. The van der Waals surface area contributed by atoms with Crippen LogP contribution in [0.2, 0.25) is 0 Å². The van der Waals surface area contributed by atoms with Crippen molar-refractivity contribution >= 4 is 46.4 Å². The fourth-order valence-corrected chi connectivity index (χ4v) is 4.93. The van der Waals surface area contributed by atoms with Crippen molar-refractivity contribution in [3.63, 3.8) is 0 Å². The Labute approximate surface area is 225 Å². The summed E-state index contributed by atoms with van der Waals surface area (Å²) in [5.41, 5.74) is 4.11. The van der Waals surface area contributed by atoms with Crippen molar-refractivity contribution in [1.29, 1.82) is 0 Å². The second kappa shape index (κ2) is 12.1. The number of ether oxygens (including phenoxy) is 2. The number of carbonyl (C=O) groups excluding carboxylic acids is 1. The molecule has 0 atom stereocenters. The molecule has 4 aromatic rings. The van der Waals surface area contributed by atoms with Crippen molar-refractivity contribution in [3.05, 3.63) is 71.6 Å². The lowest BCUT2D eigenvalue weighted by Gasteiger charge is -2.28. The minimum Gasteiger partial charge on any atom is -0.495 e. The molecule has 1 fully saturated rings. The van der Waals surface area contributed by atoms with Crippen LogP contribution in [0, 0.1) is 0 Å². The summed E-state index contributed by atoms with van der Waals surface area (Å²) in [7, 11) is 1.59. The van der Waals surface area contributed by atoms with Crippen molar-refractivity contribution in [2.75, 3.05) is 43.6 Å². The van der Waals surface area contributed by atoms with Gasteiger partial charge in [0.15, 0.2) is 16.6 Å². The Morgan fingerprint density at radius 3 is 2.74 bits per heavy atom. The fourth-order valence-electron chi connectivity index (χ4n) is 4.15. The Morgan fingerprint density at radius 2 is 1.97 bits per heavy atom. The predicted octanol–water partition coefficient (Wildman–Crippen LogP) is 4.70. The average Bonchev–Trinajstić information content (AvgIpc) is 3.39. The van der Waals surface area contributed by atoms with Crippen LogP contribution in [0.1, 0.15) is 23.9 Å². The van der Waals surface area contributed by atoms with Gasteiger partial charge in [-0.3, -0.25) is 4.79 Å². The molecule has 0 saturated carbocycles. The molecule has 1 aliphatic heterocycles. The summed E-state index contributed by atoms with van der Waals surface area (Å²) in [6.45, 7) is 4.95. The summed E-state index contributed by atoms with van der Waals surface area (Å²) in [5.74, 6) is 2.73. The number of nitrogens with one attached hydrogen (secondary N) is 2. The number of rotatable bonds is 9. The average molecular weight is 531 g/mol. The topological polar surface area (TPSA) is 105 Å². The highest BCUT2D eigenvalue weighted by Gasteiger charge is 2.20. The van der Waals surface area contributed by atoms with E-state index in [1.807, 2.05) is 48.5 Å². The number of methoxy groups -OCH3 is 1. The third-order valence-electron chi connectivity index (χ3n) is 6.12. The van der Waals surface area contributed by atoms with E-state index in [1.54, 1.807) is 13.2 Å². The van der Waals surface area contributed by atoms with Crippen LogP contribution in [0.4, 0.5) is 11.5 Å². The molecule has 196 valence electrons. The largest absolute Gasteiger partial charge is 0.495 e. The molecule has 0 aliphatic carbocycles. The first-order valence-electron chi connectivity index (χ1n) is 12.6. The first kappa shape index (κ1) is 25.7. The van der Waals surface area contributed by atoms with Crippen molar-refractivity contribution in [3.8, 4) is 5.75 Å². The zero-order valence-electron chi connectivity index (χ0n) is 21.4. The van der Waals surface area contributed by atoms with Crippen LogP contribution in [0.15, 0.2) is 59.8 Å². The van der Waals surface area contributed by atoms with Gasteiger partial charge in [-0.2, -0.15) is 0 Å². The van der Waals surface area contributed by atoms with E-state index >= 15 is 0 Å². The number of hydrogen-bond acceptors (Lipinski definition) is 8. The number of H-pyrrole nitrogens is 1. The smallest absolute Gasteiger partial charge is 0.248 e. The molecule has 2 N–H and O–H groups in total. The maximum absolute atomic E-state index is 12.6. The molecule has 0 bridgehead atoms. The molecule has 0 radical (unpaired) electrons. The van der Waals surface area contributed by atoms with Crippen LogP contribution < -0.4 is 15.0 Å². The van der Waals surface area contributed by atoms with Gasteiger partial charge in [-0.05, 0) is 29.3 Å². The lowest BCUT2D eigenvalue weighted by atomic mass is 10.2. The molecule has 0 unspecified atom stereocenters. The molecule has 0 spiro atoms. The van der Waals surface area contributed by atoms with Gasteiger partial charge in [0.1, 0.15) is 17.1 Å². The summed E-state index contributed by atoms with van der Waals surface area (Å²) in [6, 6.07) is 15.4. The number of nitrogens with zero attached hydrogens (tertiary/aromatic N) is 4. The molecule has 1 amide bonds. The number of amides is 1. The Hall–Kier alpha value is -3.89. The molecular weight excluding hydrogens is 500 g/mol. The third-order valence-corrected chi connectivity index (χ3v) is 7.04. The van der Waals surface area contributed by atoms with Gasteiger partial charge in [-0.15, -0.1) is 0 Å². The van der Waals surface area contributed by atoms with Gasteiger partial charge < -0.3 is 24.7 Å². The molecule has 10 heteroatoms. The van der Waals surface area contributed by atoms with Crippen LogP contribution in [-0.2, 0) is 21.7 Å². The number of fused-ring (bicyclic) bond motifs is 1. The van der Waals surface area contributed by atoms with Crippen molar-refractivity contribution in [2.24, 2.45) is 0 Å². The Kier molecular flexibility index (Phi) is 8.20. The van der Waals surface area contributed by atoms with Crippen LogP contribution in [0.5, 0.6) is 5.75 Å². The summed E-state index contributed by atoms with van der Waals surface area (Å²) in [4.78, 5) is 32.5. The maximum atomic E-state index is 12.6. The number of carbonyl (C=O) groups is 1. The molecule has 3 heterocycles. The summed E-state index contributed by atoms with van der Waals surface area (Å²) >= 11 is 1.53. The zero-order valence-corrected chi connectivity index (χ0v) is 22.3. The molecule has 38 heavy (non-hydrogen) atoms. The number of morpholine rings is 1. The number of aromatic amines is 1. The first-order valence-corrected chi connectivity index (χ1v) is 13.5. The van der Waals surface area contributed by atoms with E-state index in [4.69, 9.17) is 19.4 Å². The molecule has 1 saturated heterocycles. The van der Waals surface area contributed by atoms with Crippen molar-refractivity contribution in [1.82, 2.24) is 19.9 Å². The number of benzene rings is 2. The molecule has 2 aromatic heterocycles. The van der Waals surface area contributed by atoms with E-state index in [-0.39, 0.29) is 5.91 Å². The maximum Gasteiger partial charge on any atom is 0.248 e. The number of hydrogen-bond donors (Lipinski definition) is 2. The minimum absolute atomic E-state index is 0.230. The van der Waals surface area contributed by atoms with E-state index in [9.17, 15) is 4.79 Å². The molecule has 9 nitrogen and oxygen atoms in total. The van der Waals surface area contributed by atoms with Gasteiger partial charge >= 0.3 is 0 Å². The number of thioether (sulfide) groups is 1. The molecule has 2 aromatic carbocycles. The highest BCUT2D eigenvalue weighted by Crippen LogP contribution is 2.31. The minimum atomic E-state index is -0.230. The normalized spacial score (nSPS) is 13.8. The zero-order chi connectivity index (χ0) is 26.3. The highest BCUT2D eigenvalue weighted by molar-refractivity contribution is 7.98. The molecule has 1 aliphatic rings. The summed E-state index contributed by atoms with van der Waals surface area (Å²) < 4.78 is 11.0. The lowest BCUT2D eigenvalue weighted by molar-refractivity contribution is -0.111. The number of anilines is 2. The first-order chi connectivity index (χ1) is 18.6. The van der Waals surface area contributed by atoms with Gasteiger partial charge in [-0.25, -0.2) is 15.0 Å². The highest BCUT2D eigenvalue weighted by atomic mass is 32.2. The van der Waals surface area contributed by atoms with E-state index in [1.165, 1.54) is 17.8 Å². The lowest BCUT2D eigenvalue weighted by Crippen LogP contribution is -2.37. The fraction of sp³-hybridized carbons (Fsp3) is 0.286. The standard InChI is InChI=1S/C28H30N6O3S/c1-3-23-30-25-26(31-23)32-28(33-27(25)34-13-15-37-16-14-34)38-18-20-9-11-22(36-2)21(17-20)29-24(35)12-10-19-7-5-4-6-8-19/h4-12,17H,3,13-16,18H2,1-2H3,(H,29,35)(H,30,31,32,33)/b12-10+. The van der Waals surface area contributed by atoms with Crippen LogP contribution >= 0.6 is 11.8 Å². The second-order valence-electron chi connectivity index (χ2n) is 8.72. The van der Waals surface area contributed by atoms with E-state index in [0.717, 1.165) is 47.8 Å². The van der Waals surface area contributed by atoms with E-state index < -0.39 is 0 Å².